The second-order valence-corrected chi connectivity index (χ2v) is 7.46. The van der Waals surface area contributed by atoms with Gasteiger partial charge in [-0.2, -0.15) is 0 Å². The number of nitrogens with one attached hydrogen (secondary N) is 3. The summed E-state index contributed by atoms with van der Waals surface area (Å²) in [6.07, 6.45) is 0. The fraction of sp³-hybridized carbons (Fsp3) is 0.167. The third-order valence-electron chi connectivity index (χ3n) is 3.74. The van der Waals surface area contributed by atoms with Gasteiger partial charge in [0.25, 0.3) is 5.91 Å². The lowest BCUT2D eigenvalue weighted by molar-refractivity contribution is -0.122. The molecule has 0 unspecified atom stereocenters. The number of amidine groups is 1. The maximum absolute atomic E-state index is 11.3. The standard InChI is InChI=1S/C18H19N5O2S2/c1-21-15(24)8-25-11-5-3-4-10(6-11)13-9-26-18(23-13)12-7-14(16(19)20)27-17(12)22-2/h3-7,9,22H,8H2,1-2H3,(H3,19,20)(H,21,24). The molecule has 0 radical (unpaired) electrons. The number of amides is 1. The fourth-order valence-corrected chi connectivity index (χ4v) is 4.15. The molecule has 1 amide bonds. The van der Waals surface area contributed by atoms with Gasteiger partial charge >= 0.3 is 0 Å². The maximum atomic E-state index is 11.3. The van der Waals surface area contributed by atoms with Gasteiger partial charge < -0.3 is 21.1 Å². The van der Waals surface area contributed by atoms with Crippen LogP contribution in [0.3, 0.4) is 0 Å². The molecule has 0 aliphatic carbocycles. The highest BCUT2D eigenvalue weighted by molar-refractivity contribution is 7.19. The number of carbonyl (C=O) groups is 1. The molecule has 3 rings (SSSR count). The number of hydrogen-bond donors (Lipinski definition) is 4. The molecule has 0 saturated heterocycles. The van der Waals surface area contributed by atoms with Gasteiger partial charge in [-0.1, -0.05) is 12.1 Å². The number of ether oxygens (including phenoxy) is 1. The number of nitrogens with two attached hydrogens (primary N) is 1. The Balaban J connectivity index is 1.86. The van der Waals surface area contributed by atoms with E-state index in [9.17, 15) is 4.79 Å². The van der Waals surface area contributed by atoms with Gasteiger partial charge in [0.2, 0.25) is 0 Å². The number of thiazole rings is 1. The number of aromatic nitrogens is 1. The first-order chi connectivity index (χ1) is 13.0. The van der Waals surface area contributed by atoms with Crippen LogP contribution in [-0.2, 0) is 4.79 Å². The van der Waals surface area contributed by atoms with Gasteiger partial charge in [-0.3, -0.25) is 10.2 Å². The molecule has 0 bridgehead atoms. The van der Waals surface area contributed by atoms with Gasteiger partial charge in [-0.15, -0.1) is 22.7 Å². The first-order valence-electron chi connectivity index (χ1n) is 8.07. The summed E-state index contributed by atoms with van der Waals surface area (Å²) in [5, 5.41) is 17.0. The Labute approximate surface area is 164 Å². The Morgan fingerprint density at radius 1 is 1.33 bits per heavy atom. The Kier molecular flexibility index (Phi) is 5.72. The number of anilines is 1. The van der Waals surface area contributed by atoms with Crippen LogP contribution in [0.5, 0.6) is 5.75 Å². The normalized spacial score (nSPS) is 10.4. The van der Waals surface area contributed by atoms with E-state index in [-0.39, 0.29) is 18.3 Å². The maximum Gasteiger partial charge on any atom is 0.257 e. The van der Waals surface area contributed by atoms with E-state index in [2.05, 4.69) is 10.6 Å². The highest BCUT2D eigenvalue weighted by Gasteiger charge is 2.15. The van der Waals surface area contributed by atoms with Gasteiger partial charge in [-0.05, 0) is 18.2 Å². The quantitative estimate of drug-likeness (QED) is 0.359. The first-order valence-corrected chi connectivity index (χ1v) is 9.77. The van der Waals surface area contributed by atoms with Gasteiger partial charge in [0, 0.05) is 30.6 Å². The molecule has 7 nitrogen and oxygen atoms in total. The van der Waals surface area contributed by atoms with E-state index in [1.807, 2.05) is 36.7 Å². The third-order valence-corrected chi connectivity index (χ3v) is 5.80. The van der Waals surface area contributed by atoms with Crippen molar-refractivity contribution < 1.29 is 9.53 Å². The average molecular weight is 402 g/mol. The Morgan fingerprint density at radius 2 is 2.15 bits per heavy atom. The largest absolute Gasteiger partial charge is 0.484 e. The molecule has 9 heteroatoms. The van der Waals surface area contributed by atoms with Crippen LogP contribution in [0.25, 0.3) is 21.8 Å². The summed E-state index contributed by atoms with van der Waals surface area (Å²) in [5.74, 6) is 0.464. The van der Waals surface area contributed by atoms with Crippen molar-refractivity contribution in [3.63, 3.8) is 0 Å². The number of nitrogens with zero attached hydrogens (tertiary/aromatic N) is 1. The van der Waals surface area contributed by atoms with E-state index in [0.29, 0.717) is 10.6 Å². The fourth-order valence-electron chi connectivity index (χ4n) is 2.36. The molecular formula is C18H19N5O2S2. The zero-order valence-corrected chi connectivity index (χ0v) is 16.5. The zero-order chi connectivity index (χ0) is 19.4. The molecule has 2 aromatic heterocycles. The van der Waals surface area contributed by atoms with Crippen LogP contribution in [0, 0.1) is 5.41 Å². The predicted octanol–water partition coefficient (Wildman–Crippen LogP) is 2.99. The van der Waals surface area contributed by atoms with Crippen molar-refractivity contribution in [2.75, 3.05) is 26.0 Å². The molecule has 3 aromatic rings. The summed E-state index contributed by atoms with van der Waals surface area (Å²) in [6, 6.07) is 9.35. The Bertz CT molecular complexity index is 980. The molecule has 0 saturated carbocycles. The number of rotatable bonds is 7. The minimum Gasteiger partial charge on any atom is -0.484 e. The summed E-state index contributed by atoms with van der Waals surface area (Å²) in [5.41, 5.74) is 8.26. The molecule has 0 spiro atoms. The van der Waals surface area contributed by atoms with Crippen molar-refractivity contribution in [3.8, 4) is 27.6 Å². The molecule has 0 atom stereocenters. The van der Waals surface area contributed by atoms with E-state index in [1.165, 1.54) is 22.7 Å². The van der Waals surface area contributed by atoms with Crippen molar-refractivity contribution in [3.05, 3.63) is 40.6 Å². The summed E-state index contributed by atoms with van der Waals surface area (Å²) in [6.45, 7) is -0.0312. The van der Waals surface area contributed by atoms with E-state index >= 15 is 0 Å². The zero-order valence-electron chi connectivity index (χ0n) is 14.8. The van der Waals surface area contributed by atoms with Crippen molar-refractivity contribution in [2.45, 2.75) is 0 Å². The molecular weight excluding hydrogens is 382 g/mol. The van der Waals surface area contributed by atoms with Crippen LogP contribution in [-0.4, -0.2) is 37.4 Å². The Morgan fingerprint density at radius 3 is 2.85 bits per heavy atom. The second kappa shape index (κ2) is 8.19. The first kappa shape index (κ1) is 18.9. The summed E-state index contributed by atoms with van der Waals surface area (Å²) < 4.78 is 5.50. The van der Waals surface area contributed by atoms with Crippen molar-refractivity contribution in [1.82, 2.24) is 10.3 Å². The molecule has 0 aliphatic heterocycles. The van der Waals surface area contributed by atoms with Crippen LogP contribution in [0.1, 0.15) is 4.88 Å². The highest BCUT2D eigenvalue weighted by Crippen LogP contribution is 2.39. The lowest BCUT2D eigenvalue weighted by Gasteiger charge is -2.06. The summed E-state index contributed by atoms with van der Waals surface area (Å²) in [4.78, 5) is 16.8. The molecule has 2 heterocycles. The molecule has 140 valence electrons. The average Bonchev–Trinajstić information content (AvgIpc) is 3.33. The lowest BCUT2D eigenvalue weighted by Crippen LogP contribution is -2.24. The molecule has 0 fully saturated rings. The smallest absolute Gasteiger partial charge is 0.257 e. The number of benzene rings is 1. The van der Waals surface area contributed by atoms with Crippen molar-refractivity contribution >= 4 is 39.4 Å². The number of carbonyl (C=O) groups excluding carboxylic acids is 1. The Hall–Kier alpha value is -2.91. The molecule has 0 aliphatic rings. The number of likely N-dealkylation sites (N-methyl/N-ethyl adjacent to an activating group) is 1. The van der Waals surface area contributed by atoms with E-state index < -0.39 is 0 Å². The highest BCUT2D eigenvalue weighted by atomic mass is 32.1. The number of thiophene rings is 1. The predicted molar refractivity (Wildman–Crippen MR) is 111 cm³/mol. The molecule has 1 aromatic carbocycles. The second-order valence-electron chi connectivity index (χ2n) is 5.54. The van der Waals surface area contributed by atoms with Gasteiger partial charge in [-0.25, -0.2) is 4.98 Å². The van der Waals surface area contributed by atoms with E-state index in [0.717, 1.165) is 26.8 Å². The molecule has 27 heavy (non-hydrogen) atoms. The monoisotopic (exact) mass is 401 g/mol. The summed E-state index contributed by atoms with van der Waals surface area (Å²) in [7, 11) is 3.40. The van der Waals surface area contributed by atoms with E-state index in [1.54, 1.807) is 13.1 Å². The van der Waals surface area contributed by atoms with Crippen LogP contribution < -0.4 is 21.1 Å². The van der Waals surface area contributed by atoms with Crippen LogP contribution >= 0.6 is 22.7 Å². The van der Waals surface area contributed by atoms with Gasteiger partial charge in [0.1, 0.15) is 16.6 Å². The minimum absolute atomic E-state index is 0.0312. The van der Waals surface area contributed by atoms with Crippen molar-refractivity contribution in [1.29, 1.82) is 5.41 Å². The third kappa shape index (κ3) is 4.26. The van der Waals surface area contributed by atoms with Crippen LogP contribution in [0.2, 0.25) is 0 Å². The number of hydrogen-bond acceptors (Lipinski definition) is 7. The van der Waals surface area contributed by atoms with Crippen LogP contribution in [0.4, 0.5) is 5.00 Å². The van der Waals surface area contributed by atoms with Crippen LogP contribution in [0.15, 0.2) is 35.7 Å². The minimum atomic E-state index is -0.185. The van der Waals surface area contributed by atoms with Crippen molar-refractivity contribution in [2.24, 2.45) is 5.73 Å². The summed E-state index contributed by atoms with van der Waals surface area (Å²) >= 11 is 2.95. The van der Waals surface area contributed by atoms with E-state index in [4.69, 9.17) is 20.9 Å². The van der Waals surface area contributed by atoms with Gasteiger partial charge in [0.05, 0.1) is 15.6 Å². The topological polar surface area (TPSA) is 113 Å². The molecule has 5 N–H and O–H groups in total. The lowest BCUT2D eigenvalue weighted by atomic mass is 10.1. The SMILES string of the molecule is CNC(=O)COc1cccc(-c2csc(-c3cc(C(=N)N)sc3NC)n2)c1. The van der Waals surface area contributed by atoms with Gasteiger partial charge in [0.15, 0.2) is 6.61 Å². The number of nitrogen functional groups attached to an aromatic ring is 1.